The Labute approximate surface area is 87.4 Å². The van der Waals surface area contributed by atoms with Crippen LogP contribution in [0.3, 0.4) is 0 Å². The van der Waals surface area contributed by atoms with Crippen molar-refractivity contribution in [1.29, 1.82) is 0 Å². The van der Waals surface area contributed by atoms with Gasteiger partial charge in [0.25, 0.3) is 0 Å². The summed E-state index contributed by atoms with van der Waals surface area (Å²) in [6.07, 6.45) is -2.42. The first-order valence-corrected chi connectivity index (χ1v) is 4.56. The van der Waals surface area contributed by atoms with Gasteiger partial charge in [0.2, 0.25) is 0 Å². The Bertz CT molecular complexity index is 329. The second-order valence-electron chi connectivity index (χ2n) is 3.31. The molecule has 2 unspecified atom stereocenters. The van der Waals surface area contributed by atoms with Gasteiger partial charge in [-0.2, -0.15) is 0 Å². The zero-order valence-electron chi connectivity index (χ0n) is 8.17. The summed E-state index contributed by atoms with van der Waals surface area (Å²) in [7, 11) is 0. The van der Waals surface area contributed by atoms with Gasteiger partial charge in [0.1, 0.15) is 12.2 Å². The Morgan fingerprint density at radius 3 is 2.40 bits per heavy atom. The maximum atomic E-state index is 9.57. The summed E-state index contributed by atoms with van der Waals surface area (Å²) in [6, 6.07) is 4.57. The topological polar surface area (TPSA) is 107 Å². The van der Waals surface area contributed by atoms with Gasteiger partial charge in [-0.3, -0.25) is 0 Å². The van der Waals surface area contributed by atoms with Crippen molar-refractivity contribution >= 4 is 5.69 Å². The maximum absolute atomic E-state index is 9.57. The molecular formula is C10H15NO4. The van der Waals surface area contributed by atoms with Crippen molar-refractivity contribution in [3.05, 3.63) is 29.3 Å². The highest BCUT2D eigenvalue weighted by atomic mass is 16.4. The zero-order valence-corrected chi connectivity index (χ0v) is 8.17. The van der Waals surface area contributed by atoms with E-state index in [1.807, 2.05) is 0 Å². The highest BCUT2D eigenvalue weighted by Gasteiger charge is 2.17. The Kier molecular flexibility index (Phi) is 4.05. The third-order valence-corrected chi connectivity index (χ3v) is 2.23. The van der Waals surface area contributed by atoms with Gasteiger partial charge in [0, 0.05) is 11.3 Å². The van der Waals surface area contributed by atoms with E-state index in [2.05, 4.69) is 0 Å². The van der Waals surface area contributed by atoms with Gasteiger partial charge < -0.3 is 26.2 Å². The van der Waals surface area contributed by atoms with Crippen LogP contribution in [0.2, 0.25) is 0 Å². The smallest absolute Gasteiger partial charge is 0.107 e. The molecule has 0 aliphatic heterocycles. The first kappa shape index (κ1) is 11.9. The molecule has 0 aliphatic carbocycles. The molecule has 1 rings (SSSR count). The highest BCUT2D eigenvalue weighted by molar-refractivity contribution is 5.48. The van der Waals surface area contributed by atoms with Crippen LogP contribution in [-0.4, -0.2) is 33.1 Å². The third kappa shape index (κ3) is 2.66. The minimum atomic E-state index is -1.24. The lowest BCUT2D eigenvalue weighted by Crippen LogP contribution is -2.22. The molecule has 5 heteroatoms. The van der Waals surface area contributed by atoms with Gasteiger partial charge in [0.05, 0.1) is 13.2 Å². The predicted octanol–water partition coefficient (Wildman–Crippen LogP) is -0.852. The summed E-state index contributed by atoms with van der Waals surface area (Å²) in [6.45, 7) is -0.762. The zero-order chi connectivity index (χ0) is 11.4. The molecule has 5 nitrogen and oxygen atoms in total. The molecule has 2 atom stereocenters. The number of anilines is 1. The summed E-state index contributed by atoms with van der Waals surface area (Å²) < 4.78 is 0. The van der Waals surface area contributed by atoms with E-state index in [0.717, 1.165) is 0 Å². The second-order valence-corrected chi connectivity index (χ2v) is 3.31. The maximum Gasteiger partial charge on any atom is 0.107 e. The third-order valence-electron chi connectivity index (χ3n) is 2.23. The minimum Gasteiger partial charge on any atom is -0.398 e. The van der Waals surface area contributed by atoms with Crippen molar-refractivity contribution in [2.75, 3.05) is 12.3 Å². The van der Waals surface area contributed by atoms with E-state index >= 15 is 0 Å². The summed E-state index contributed by atoms with van der Waals surface area (Å²) in [5, 5.41) is 36.4. The van der Waals surface area contributed by atoms with E-state index in [0.29, 0.717) is 16.8 Å². The van der Waals surface area contributed by atoms with Crippen LogP contribution in [0.4, 0.5) is 5.69 Å². The van der Waals surface area contributed by atoms with Gasteiger partial charge in [-0.1, -0.05) is 6.07 Å². The monoisotopic (exact) mass is 213 g/mol. The quantitative estimate of drug-likeness (QED) is 0.419. The summed E-state index contributed by atoms with van der Waals surface area (Å²) >= 11 is 0. The molecule has 15 heavy (non-hydrogen) atoms. The Morgan fingerprint density at radius 1 is 1.20 bits per heavy atom. The van der Waals surface area contributed by atoms with Crippen molar-refractivity contribution < 1.29 is 20.4 Å². The van der Waals surface area contributed by atoms with Crippen molar-refractivity contribution in [3.8, 4) is 0 Å². The highest BCUT2D eigenvalue weighted by Crippen LogP contribution is 2.21. The van der Waals surface area contributed by atoms with Gasteiger partial charge in [-0.15, -0.1) is 0 Å². The fraction of sp³-hybridized carbons (Fsp3) is 0.400. The number of hydrogen-bond donors (Lipinski definition) is 5. The second kappa shape index (κ2) is 5.09. The molecule has 0 aromatic heterocycles. The fourth-order valence-electron chi connectivity index (χ4n) is 1.27. The number of rotatable bonds is 4. The molecule has 0 amide bonds. The summed E-state index contributed by atoms with van der Waals surface area (Å²) in [5.74, 6) is 0. The van der Waals surface area contributed by atoms with Crippen molar-refractivity contribution in [3.63, 3.8) is 0 Å². The van der Waals surface area contributed by atoms with E-state index < -0.39 is 18.8 Å². The van der Waals surface area contributed by atoms with E-state index in [4.69, 9.17) is 15.9 Å². The van der Waals surface area contributed by atoms with Gasteiger partial charge in [-0.25, -0.2) is 0 Å². The van der Waals surface area contributed by atoms with Crippen LogP contribution in [0.1, 0.15) is 17.2 Å². The standard InChI is InChI=1S/C10H15NO4/c11-8-2-1-6(3-7(8)4-12)10(15)9(14)5-13/h1-3,9-10,12-15H,4-5,11H2. The molecule has 0 spiro atoms. The van der Waals surface area contributed by atoms with E-state index in [1.54, 1.807) is 0 Å². The molecule has 0 fully saturated rings. The lowest BCUT2D eigenvalue weighted by molar-refractivity contribution is -0.0153. The summed E-state index contributed by atoms with van der Waals surface area (Å²) in [4.78, 5) is 0. The molecule has 1 aromatic rings. The molecule has 0 saturated heterocycles. The lowest BCUT2D eigenvalue weighted by Gasteiger charge is -2.17. The first-order chi connectivity index (χ1) is 7.10. The van der Waals surface area contributed by atoms with Crippen LogP contribution in [0.25, 0.3) is 0 Å². The van der Waals surface area contributed by atoms with E-state index in [9.17, 15) is 10.2 Å². The van der Waals surface area contributed by atoms with Crippen LogP contribution in [-0.2, 0) is 6.61 Å². The van der Waals surface area contributed by atoms with Crippen LogP contribution in [0.5, 0.6) is 0 Å². The van der Waals surface area contributed by atoms with Crippen molar-refractivity contribution in [1.82, 2.24) is 0 Å². The first-order valence-electron chi connectivity index (χ1n) is 4.56. The average Bonchev–Trinajstić information content (AvgIpc) is 2.27. The molecule has 84 valence electrons. The van der Waals surface area contributed by atoms with Gasteiger partial charge in [0.15, 0.2) is 0 Å². The average molecular weight is 213 g/mol. The molecule has 6 N–H and O–H groups in total. The molecule has 0 saturated carbocycles. The largest absolute Gasteiger partial charge is 0.398 e. The van der Waals surface area contributed by atoms with Gasteiger partial charge >= 0.3 is 0 Å². The van der Waals surface area contributed by atoms with E-state index in [-0.39, 0.29) is 6.61 Å². The van der Waals surface area contributed by atoms with Crippen molar-refractivity contribution in [2.45, 2.75) is 18.8 Å². The molecular weight excluding hydrogens is 198 g/mol. The van der Waals surface area contributed by atoms with Crippen LogP contribution in [0, 0.1) is 0 Å². The number of nitrogens with two attached hydrogens (primary N) is 1. The number of aliphatic hydroxyl groups excluding tert-OH is 4. The lowest BCUT2D eigenvalue weighted by atomic mass is 10.0. The number of nitrogen functional groups attached to an aromatic ring is 1. The Hall–Kier alpha value is -1.14. The van der Waals surface area contributed by atoms with Crippen LogP contribution >= 0.6 is 0 Å². The molecule has 0 heterocycles. The Balaban J connectivity index is 2.95. The number of hydrogen-bond acceptors (Lipinski definition) is 5. The van der Waals surface area contributed by atoms with Gasteiger partial charge in [-0.05, 0) is 17.7 Å². The molecule has 1 aromatic carbocycles. The SMILES string of the molecule is Nc1ccc(C(O)C(O)CO)cc1CO. The van der Waals surface area contributed by atoms with Crippen molar-refractivity contribution in [2.24, 2.45) is 0 Å². The number of benzene rings is 1. The summed E-state index contributed by atoms with van der Waals surface area (Å²) in [5.41, 5.74) is 6.87. The Morgan fingerprint density at radius 2 is 1.87 bits per heavy atom. The minimum absolute atomic E-state index is 0.235. The van der Waals surface area contributed by atoms with E-state index in [1.165, 1.54) is 18.2 Å². The van der Waals surface area contributed by atoms with Crippen LogP contribution in [0.15, 0.2) is 18.2 Å². The normalized spacial score (nSPS) is 14.9. The molecule has 0 aliphatic rings. The fourth-order valence-corrected chi connectivity index (χ4v) is 1.27. The predicted molar refractivity (Wildman–Crippen MR) is 54.8 cm³/mol. The van der Waals surface area contributed by atoms with Crippen LogP contribution < -0.4 is 5.73 Å². The molecule has 0 radical (unpaired) electrons. The molecule has 0 bridgehead atoms. The number of aliphatic hydroxyl groups is 4.